The van der Waals surface area contributed by atoms with Crippen molar-refractivity contribution in [3.8, 4) is 0 Å². The zero-order valence-corrected chi connectivity index (χ0v) is 19.3. The molecule has 2 aliphatic heterocycles. The Morgan fingerprint density at radius 3 is 2.03 bits per heavy atom. The van der Waals surface area contributed by atoms with Crippen LogP contribution in [0.4, 0.5) is 5.69 Å². The van der Waals surface area contributed by atoms with Crippen LogP contribution in [0.3, 0.4) is 0 Å². The third-order valence-corrected chi connectivity index (χ3v) is 9.50. The van der Waals surface area contributed by atoms with Crippen molar-refractivity contribution >= 4 is 28.7 Å². The van der Waals surface area contributed by atoms with Gasteiger partial charge in [-0.05, 0) is 94.3 Å². The van der Waals surface area contributed by atoms with Crippen molar-refractivity contribution in [3.05, 3.63) is 30.3 Å². The Balaban J connectivity index is 1.48. The molecule has 1 aromatic carbocycles. The van der Waals surface area contributed by atoms with E-state index in [1.807, 2.05) is 0 Å². The van der Waals surface area contributed by atoms with Crippen LogP contribution in [-0.4, -0.2) is 40.4 Å². The minimum absolute atomic E-state index is 0.0728. The van der Waals surface area contributed by atoms with Gasteiger partial charge in [0, 0.05) is 11.1 Å². The van der Waals surface area contributed by atoms with Crippen molar-refractivity contribution in [2.24, 2.45) is 28.2 Å². The van der Waals surface area contributed by atoms with Crippen LogP contribution in [0.25, 0.3) is 0 Å². The van der Waals surface area contributed by atoms with Gasteiger partial charge in [-0.2, -0.15) is 0 Å². The molecule has 4 aliphatic carbocycles. The first-order valence-electron chi connectivity index (χ1n) is 12.2. The molecule has 2 heterocycles. The van der Waals surface area contributed by atoms with Crippen molar-refractivity contribution in [1.82, 2.24) is 4.90 Å². The Bertz CT molecular complexity index is 832. The van der Waals surface area contributed by atoms with Gasteiger partial charge in [-0.1, -0.05) is 44.3 Å². The number of hydrogen-bond donors (Lipinski definition) is 0. The maximum Gasteiger partial charge on any atom is 0.127 e. The van der Waals surface area contributed by atoms with Crippen molar-refractivity contribution < 1.29 is 0 Å². The summed E-state index contributed by atoms with van der Waals surface area (Å²) in [6.45, 7) is 7.07. The van der Waals surface area contributed by atoms with Crippen LogP contribution in [-0.2, 0) is 0 Å². The average molecular weight is 422 g/mol. The molecule has 4 bridgehead atoms. The molecule has 1 aromatic rings. The molecule has 6 fully saturated rings. The number of rotatable bonds is 3. The monoisotopic (exact) mass is 421 g/mol. The van der Waals surface area contributed by atoms with E-state index in [2.05, 4.69) is 54.0 Å². The molecular formula is C26H35N3S. The second kappa shape index (κ2) is 6.87. The summed E-state index contributed by atoms with van der Waals surface area (Å²) in [4.78, 5) is 11.9. The van der Waals surface area contributed by atoms with Crippen molar-refractivity contribution in [2.45, 2.75) is 76.8 Å². The summed E-state index contributed by atoms with van der Waals surface area (Å²) in [7, 11) is 0. The standard InChI is InChI=1S/C26H35N3S/c1-25(2)22(28-10-6-7-11-28)23(29(24(25)30)21-8-4-3-5-9-21)27-26-15-18-12-19(16-26)14-20(13-18)17-26/h3-5,8-9,18-20,22H,6-7,10-17H2,1-2H3. The van der Waals surface area contributed by atoms with E-state index in [1.54, 1.807) is 0 Å². The van der Waals surface area contributed by atoms with E-state index in [0.717, 1.165) is 22.7 Å². The highest BCUT2D eigenvalue weighted by Crippen LogP contribution is 2.58. The highest BCUT2D eigenvalue weighted by atomic mass is 32.1. The lowest BCUT2D eigenvalue weighted by Crippen LogP contribution is -2.52. The van der Waals surface area contributed by atoms with Gasteiger partial charge in [0.15, 0.2) is 0 Å². The summed E-state index contributed by atoms with van der Waals surface area (Å²) in [6, 6.07) is 11.1. The van der Waals surface area contributed by atoms with Crippen LogP contribution in [0.15, 0.2) is 35.3 Å². The lowest BCUT2D eigenvalue weighted by Gasteiger charge is -2.55. The summed E-state index contributed by atoms with van der Waals surface area (Å²) >= 11 is 6.18. The Hall–Kier alpha value is -1.26. The third-order valence-electron chi connectivity index (χ3n) is 8.79. The average Bonchev–Trinajstić information content (AvgIpc) is 3.27. The minimum Gasteiger partial charge on any atom is -0.293 e. The molecule has 3 nitrogen and oxygen atoms in total. The molecule has 0 radical (unpaired) electrons. The predicted octanol–water partition coefficient (Wildman–Crippen LogP) is 5.69. The van der Waals surface area contributed by atoms with Crippen LogP contribution in [0.2, 0.25) is 0 Å². The Labute approximate surface area is 186 Å². The van der Waals surface area contributed by atoms with E-state index in [-0.39, 0.29) is 11.0 Å². The fourth-order valence-corrected chi connectivity index (χ4v) is 8.27. The van der Waals surface area contributed by atoms with E-state index < -0.39 is 0 Å². The number of nitrogens with zero attached hydrogens (tertiary/aromatic N) is 3. The number of hydrogen-bond acceptors (Lipinski definition) is 3. The van der Waals surface area contributed by atoms with Gasteiger partial charge in [0.1, 0.15) is 5.84 Å². The van der Waals surface area contributed by atoms with Gasteiger partial charge < -0.3 is 0 Å². The van der Waals surface area contributed by atoms with Crippen LogP contribution in [0, 0.1) is 23.2 Å². The van der Waals surface area contributed by atoms with E-state index in [1.165, 1.54) is 76.0 Å². The number of amidine groups is 1. The fourth-order valence-electron chi connectivity index (χ4n) is 7.96. The number of likely N-dealkylation sites (tertiary alicyclic amines) is 1. The van der Waals surface area contributed by atoms with Gasteiger partial charge in [0.2, 0.25) is 0 Å². The van der Waals surface area contributed by atoms with Crippen LogP contribution in [0.5, 0.6) is 0 Å². The van der Waals surface area contributed by atoms with Gasteiger partial charge in [-0.25, -0.2) is 0 Å². The topological polar surface area (TPSA) is 18.8 Å². The normalized spacial score (nSPS) is 41.3. The quantitative estimate of drug-likeness (QED) is 0.584. The SMILES string of the molecule is CC1(C)C(=S)N(c2ccccc2)C(=NC23CC4CC(CC(C4)C2)C3)C1N1CCCC1. The van der Waals surface area contributed by atoms with Gasteiger partial charge in [0.05, 0.1) is 16.6 Å². The molecule has 160 valence electrons. The second-order valence-corrected chi connectivity index (χ2v) is 11.8. The van der Waals surface area contributed by atoms with Crippen molar-refractivity contribution in [3.63, 3.8) is 0 Å². The van der Waals surface area contributed by atoms with Gasteiger partial charge in [-0.15, -0.1) is 0 Å². The highest BCUT2D eigenvalue weighted by Gasteiger charge is 2.56. The maximum atomic E-state index is 6.18. The molecule has 0 aromatic heterocycles. The van der Waals surface area contributed by atoms with Crippen molar-refractivity contribution in [2.75, 3.05) is 18.0 Å². The summed E-state index contributed by atoms with van der Waals surface area (Å²) in [5.41, 5.74) is 1.29. The zero-order chi connectivity index (χ0) is 20.5. The second-order valence-electron chi connectivity index (χ2n) is 11.5. The largest absolute Gasteiger partial charge is 0.293 e. The highest BCUT2D eigenvalue weighted by molar-refractivity contribution is 7.80. The molecule has 4 saturated carbocycles. The van der Waals surface area contributed by atoms with Crippen LogP contribution < -0.4 is 4.90 Å². The Morgan fingerprint density at radius 1 is 0.900 bits per heavy atom. The molecule has 1 unspecified atom stereocenters. The summed E-state index contributed by atoms with van der Waals surface area (Å²) in [5, 5.41) is 0. The third kappa shape index (κ3) is 2.93. The number of aliphatic imine (C=N–C) groups is 1. The molecule has 7 rings (SSSR count). The summed E-state index contributed by atoms with van der Waals surface area (Å²) in [6.07, 6.45) is 10.9. The number of anilines is 1. The lowest BCUT2D eigenvalue weighted by atomic mass is 9.53. The fraction of sp³-hybridized carbons (Fsp3) is 0.692. The predicted molar refractivity (Wildman–Crippen MR) is 128 cm³/mol. The molecule has 4 heteroatoms. The molecule has 1 atom stereocenters. The van der Waals surface area contributed by atoms with Gasteiger partial charge in [0.25, 0.3) is 0 Å². The Kier molecular flexibility index (Phi) is 4.45. The van der Waals surface area contributed by atoms with Gasteiger partial charge >= 0.3 is 0 Å². The molecular weight excluding hydrogens is 386 g/mol. The number of thiocarbonyl (C=S) groups is 1. The Morgan fingerprint density at radius 2 is 1.47 bits per heavy atom. The molecule has 6 aliphatic rings. The first-order valence-corrected chi connectivity index (χ1v) is 12.6. The van der Waals surface area contributed by atoms with E-state index in [4.69, 9.17) is 17.2 Å². The van der Waals surface area contributed by atoms with Crippen molar-refractivity contribution in [1.29, 1.82) is 0 Å². The van der Waals surface area contributed by atoms with Gasteiger partial charge in [-0.3, -0.25) is 14.8 Å². The lowest BCUT2D eigenvalue weighted by molar-refractivity contribution is 0.00125. The van der Waals surface area contributed by atoms with E-state index >= 15 is 0 Å². The minimum atomic E-state index is -0.0728. The molecule has 0 amide bonds. The molecule has 0 N–H and O–H groups in total. The zero-order valence-electron chi connectivity index (χ0n) is 18.5. The van der Waals surface area contributed by atoms with E-state index in [0.29, 0.717) is 6.04 Å². The molecule has 2 saturated heterocycles. The first kappa shape index (κ1) is 19.4. The van der Waals surface area contributed by atoms with Crippen LogP contribution in [0.1, 0.15) is 65.2 Å². The number of benzene rings is 1. The smallest absolute Gasteiger partial charge is 0.127 e. The molecule has 30 heavy (non-hydrogen) atoms. The molecule has 0 spiro atoms. The maximum absolute atomic E-state index is 6.18. The summed E-state index contributed by atoms with van der Waals surface area (Å²) in [5.74, 6) is 4.01. The van der Waals surface area contributed by atoms with E-state index in [9.17, 15) is 0 Å². The summed E-state index contributed by atoms with van der Waals surface area (Å²) < 4.78 is 0. The van der Waals surface area contributed by atoms with Crippen LogP contribution >= 0.6 is 12.2 Å². The first-order chi connectivity index (χ1) is 14.5. The number of para-hydroxylation sites is 1.